The number of rotatable bonds is 4. The maximum atomic E-state index is 3.98. The molecule has 96 valence electrons. The predicted molar refractivity (Wildman–Crippen MR) is 74.7 cm³/mol. The SMILES string of the molecule is CC(=CCCNC(C)(C)C)c1c(Br)nnn1C. The molecule has 0 saturated heterocycles. The average Bonchev–Trinajstić information content (AvgIpc) is 2.52. The molecule has 0 amide bonds. The lowest BCUT2D eigenvalue weighted by molar-refractivity contribution is 0.431. The first kappa shape index (κ1) is 14.4. The minimum atomic E-state index is 0.177. The van der Waals surface area contributed by atoms with E-state index in [1.165, 1.54) is 5.57 Å². The van der Waals surface area contributed by atoms with Gasteiger partial charge in [-0.25, -0.2) is 4.68 Å². The summed E-state index contributed by atoms with van der Waals surface area (Å²) in [5.74, 6) is 0. The van der Waals surface area contributed by atoms with Crippen molar-refractivity contribution < 1.29 is 0 Å². The minimum Gasteiger partial charge on any atom is -0.312 e. The molecule has 1 aromatic heterocycles. The van der Waals surface area contributed by atoms with E-state index in [1.54, 1.807) is 4.68 Å². The van der Waals surface area contributed by atoms with Gasteiger partial charge in [-0.3, -0.25) is 0 Å². The molecule has 4 nitrogen and oxygen atoms in total. The minimum absolute atomic E-state index is 0.177. The van der Waals surface area contributed by atoms with Crippen molar-refractivity contribution in [2.24, 2.45) is 7.05 Å². The Labute approximate surface area is 112 Å². The fraction of sp³-hybridized carbons (Fsp3) is 0.667. The predicted octanol–water partition coefficient (Wildman–Crippen LogP) is 2.76. The van der Waals surface area contributed by atoms with E-state index in [0.29, 0.717) is 0 Å². The first-order valence-corrected chi connectivity index (χ1v) is 6.58. The topological polar surface area (TPSA) is 42.7 Å². The van der Waals surface area contributed by atoms with Crippen molar-refractivity contribution >= 4 is 21.5 Å². The van der Waals surface area contributed by atoms with E-state index in [-0.39, 0.29) is 5.54 Å². The van der Waals surface area contributed by atoms with Gasteiger partial charge in [0.15, 0.2) is 4.60 Å². The molecule has 0 spiro atoms. The van der Waals surface area contributed by atoms with E-state index in [4.69, 9.17) is 0 Å². The van der Waals surface area contributed by atoms with Crippen LogP contribution >= 0.6 is 15.9 Å². The number of nitrogens with zero attached hydrogens (tertiary/aromatic N) is 3. The molecule has 1 rings (SSSR count). The van der Waals surface area contributed by atoms with Crippen LogP contribution in [0, 0.1) is 0 Å². The fourth-order valence-electron chi connectivity index (χ4n) is 1.58. The van der Waals surface area contributed by atoms with Gasteiger partial charge in [-0.2, -0.15) is 0 Å². The molecule has 1 heterocycles. The van der Waals surface area contributed by atoms with Crippen molar-refractivity contribution in [1.82, 2.24) is 20.3 Å². The summed E-state index contributed by atoms with van der Waals surface area (Å²) in [6, 6.07) is 0. The fourth-order valence-corrected chi connectivity index (χ4v) is 2.22. The molecule has 17 heavy (non-hydrogen) atoms. The summed E-state index contributed by atoms with van der Waals surface area (Å²) in [6.07, 6.45) is 3.21. The molecule has 1 N–H and O–H groups in total. The molecule has 0 aromatic carbocycles. The molecule has 0 fully saturated rings. The Kier molecular flexibility index (Phi) is 4.89. The second kappa shape index (κ2) is 5.78. The lowest BCUT2D eigenvalue weighted by atomic mass is 10.1. The van der Waals surface area contributed by atoms with Crippen LogP contribution in [0.2, 0.25) is 0 Å². The number of aromatic nitrogens is 3. The summed E-state index contributed by atoms with van der Waals surface area (Å²) < 4.78 is 2.59. The van der Waals surface area contributed by atoms with Gasteiger partial charge in [0.05, 0.1) is 5.69 Å². The standard InChI is InChI=1S/C12H21BrN4/c1-9(7-6-8-14-12(2,3)4)10-11(13)15-16-17(10)5/h7,14H,6,8H2,1-5H3. The van der Waals surface area contributed by atoms with Crippen LogP contribution in [0.1, 0.15) is 39.8 Å². The number of hydrogen-bond donors (Lipinski definition) is 1. The maximum Gasteiger partial charge on any atom is 0.155 e. The summed E-state index contributed by atoms with van der Waals surface area (Å²) in [5.41, 5.74) is 2.41. The number of aryl methyl sites for hydroxylation is 1. The van der Waals surface area contributed by atoms with Crippen molar-refractivity contribution in [2.45, 2.75) is 39.7 Å². The summed E-state index contributed by atoms with van der Waals surface area (Å²) in [7, 11) is 1.90. The number of allylic oxidation sites excluding steroid dienone is 1. The maximum absolute atomic E-state index is 3.98. The summed E-state index contributed by atoms with van der Waals surface area (Å²) in [5, 5.41) is 11.4. The highest BCUT2D eigenvalue weighted by molar-refractivity contribution is 9.10. The number of hydrogen-bond acceptors (Lipinski definition) is 3. The highest BCUT2D eigenvalue weighted by Crippen LogP contribution is 2.21. The Morgan fingerprint density at radius 3 is 2.59 bits per heavy atom. The Morgan fingerprint density at radius 2 is 2.12 bits per heavy atom. The van der Waals surface area contributed by atoms with Gasteiger partial charge in [-0.1, -0.05) is 11.3 Å². The summed E-state index contributed by atoms with van der Waals surface area (Å²) in [4.78, 5) is 0. The van der Waals surface area contributed by atoms with Gasteiger partial charge >= 0.3 is 0 Å². The molecule has 5 heteroatoms. The zero-order valence-electron chi connectivity index (χ0n) is 11.2. The first-order chi connectivity index (χ1) is 7.81. The van der Waals surface area contributed by atoms with Crippen LogP contribution in [0.5, 0.6) is 0 Å². The van der Waals surface area contributed by atoms with Gasteiger partial charge in [0.2, 0.25) is 0 Å². The van der Waals surface area contributed by atoms with Gasteiger partial charge < -0.3 is 5.32 Å². The zero-order chi connectivity index (χ0) is 13.1. The van der Waals surface area contributed by atoms with Crippen LogP contribution in [0.15, 0.2) is 10.7 Å². The van der Waals surface area contributed by atoms with E-state index in [2.05, 4.69) is 65.3 Å². The highest BCUT2D eigenvalue weighted by Gasteiger charge is 2.10. The van der Waals surface area contributed by atoms with Crippen molar-refractivity contribution in [3.05, 3.63) is 16.4 Å². The largest absolute Gasteiger partial charge is 0.312 e. The van der Waals surface area contributed by atoms with Crippen molar-refractivity contribution in [1.29, 1.82) is 0 Å². The second-order valence-electron chi connectivity index (χ2n) is 5.21. The van der Waals surface area contributed by atoms with Crippen LogP contribution in [0.25, 0.3) is 5.57 Å². The van der Waals surface area contributed by atoms with E-state index >= 15 is 0 Å². The lowest BCUT2D eigenvalue weighted by Gasteiger charge is -2.19. The number of halogens is 1. The zero-order valence-corrected chi connectivity index (χ0v) is 12.8. The molecule has 1 aromatic rings. The van der Waals surface area contributed by atoms with Crippen LogP contribution in [0.3, 0.4) is 0 Å². The molecule has 0 aliphatic rings. The van der Waals surface area contributed by atoms with E-state index < -0.39 is 0 Å². The Morgan fingerprint density at radius 1 is 1.47 bits per heavy atom. The van der Waals surface area contributed by atoms with Gasteiger partial charge in [0.25, 0.3) is 0 Å². The average molecular weight is 301 g/mol. The third-order valence-electron chi connectivity index (χ3n) is 2.41. The molecule has 0 aliphatic heterocycles. The Bertz CT molecular complexity index is 382. The molecule has 0 atom stereocenters. The highest BCUT2D eigenvalue weighted by atomic mass is 79.9. The lowest BCUT2D eigenvalue weighted by Crippen LogP contribution is -2.36. The van der Waals surface area contributed by atoms with E-state index in [9.17, 15) is 0 Å². The molecule has 0 bridgehead atoms. The van der Waals surface area contributed by atoms with Crippen LogP contribution < -0.4 is 5.32 Å². The Hall–Kier alpha value is -0.680. The Balaban J connectivity index is 2.56. The van der Waals surface area contributed by atoms with Gasteiger partial charge in [-0.15, -0.1) is 5.10 Å². The summed E-state index contributed by atoms with van der Waals surface area (Å²) in [6.45, 7) is 9.58. The molecule has 0 radical (unpaired) electrons. The van der Waals surface area contributed by atoms with Gasteiger partial charge in [0, 0.05) is 12.6 Å². The first-order valence-electron chi connectivity index (χ1n) is 5.78. The van der Waals surface area contributed by atoms with Crippen LogP contribution in [0.4, 0.5) is 0 Å². The molecule has 0 saturated carbocycles. The quantitative estimate of drug-likeness (QED) is 0.870. The monoisotopic (exact) mass is 300 g/mol. The van der Waals surface area contributed by atoms with E-state index in [0.717, 1.165) is 23.3 Å². The third-order valence-corrected chi connectivity index (χ3v) is 2.94. The van der Waals surface area contributed by atoms with Crippen LogP contribution in [-0.4, -0.2) is 27.1 Å². The molecular formula is C12H21BrN4. The molecular weight excluding hydrogens is 280 g/mol. The van der Waals surface area contributed by atoms with Crippen molar-refractivity contribution in [2.75, 3.05) is 6.54 Å². The number of nitrogens with one attached hydrogen (secondary N) is 1. The third kappa shape index (κ3) is 4.60. The van der Waals surface area contributed by atoms with E-state index in [1.807, 2.05) is 7.05 Å². The molecule has 0 unspecified atom stereocenters. The van der Waals surface area contributed by atoms with Gasteiger partial charge in [0.1, 0.15) is 0 Å². The van der Waals surface area contributed by atoms with Gasteiger partial charge in [-0.05, 0) is 62.2 Å². The van der Waals surface area contributed by atoms with Crippen molar-refractivity contribution in [3.8, 4) is 0 Å². The van der Waals surface area contributed by atoms with Crippen molar-refractivity contribution in [3.63, 3.8) is 0 Å². The normalized spacial score (nSPS) is 13.2. The second-order valence-corrected chi connectivity index (χ2v) is 5.96. The summed E-state index contributed by atoms with van der Waals surface area (Å²) >= 11 is 3.41. The smallest absolute Gasteiger partial charge is 0.155 e. The van der Waals surface area contributed by atoms with Crippen LogP contribution in [-0.2, 0) is 7.05 Å². The molecule has 0 aliphatic carbocycles.